The van der Waals surface area contributed by atoms with Crippen LogP contribution < -0.4 is 10.1 Å². The number of halogens is 1. The van der Waals surface area contributed by atoms with Gasteiger partial charge in [0, 0.05) is 17.5 Å². The molecule has 8 nitrogen and oxygen atoms in total. The van der Waals surface area contributed by atoms with Crippen molar-refractivity contribution < 1.29 is 23.4 Å². The number of aromatic nitrogens is 3. The Kier molecular flexibility index (Phi) is 13.0. The highest BCUT2D eigenvalue weighted by Crippen LogP contribution is 2.29. The van der Waals surface area contributed by atoms with Crippen molar-refractivity contribution in [3.05, 3.63) is 94.5 Å². The van der Waals surface area contributed by atoms with Crippen molar-refractivity contribution in [2.75, 3.05) is 19.0 Å². The Labute approximate surface area is 239 Å². The quantitative estimate of drug-likeness (QED) is 0.197. The Morgan fingerprint density at radius 3 is 2.52 bits per heavy atom. The minimum atomic E-state index is -0.525. The fraction of sp³-hybridized carbons (Fsp3) is 0.333. The van der Waals surface area contributed by atoms with Gasteiger partial charge in [0.15, 0.2) is 0 Å². The molecule has 0 spiro atoms. The van der Waals surface area contributed by atoms with E-state index in [4.69, 9.17) is 14.2 Å². The summed E-state index contributed by atoms with van der Waals surface area (Å²) in [6.07, 6.45) is 12.7. The third-order valence-corrected chi connectivity index (χ3v) is 6.09. The number of carbonyl (C=O) groups excluding carboxylic acids is 1. The number of pyridine rings is 1. The van der Waals surface area contributed by atoms with E-state index in [0.29, 0.717) is 17.6 Å². The number of hydrogen-bond acceptors (Lipinski definition) is 8. The number of nitrogens with one attached hydrogen (secondary N) is 1. The zero-order valence-electron chi connectivity index (χ0n) is 24.2. The summed E-state index contributed by atoms with van der Waals surface area (Å²) in [5.41, 5.74) is 3.22. The van der Waals surface area contributed by atoms with E-state index >= 15 is 0 Å². The van der Waals surface area contributed by atoms with Gasteiger partial charge < -0.3 is 14.2 Å². The second kappa shape index (κ2) is 16.1. The number of rotatable bonds is 13. The number of methoxy groups -OCH3 is 1. The van der Waals surface area contributed by atoms with E-state index in [0.717, 1.165) is 28.2 Å². The molecular weight excluding hydrogens is 531 g/mol. The molecule has 2 heterocycles. The number of hydrogen-bond donors (Lipinski definition) is 1. The van der Waals surface area contributed by atoms with Crippen LogP contribution in [0.25, 0.3) is 5.57 Å². The first-order chi connectivity index (χ1) is 19.1. The smallest absolute Gasteiger partial charge is 0.296 e. The Morgan fingerprint density at radius 1 is 1.18 bits per heavy atom. The average molecular weight is 569 g/mol. The van der Waals surface area contributed by atoms with Crippen molar-refractivity contribution in [3.63, 3.8) is 0 Å². The molecule has 0 aliphatic carbocycles. The van der Waals surface area contributed by atoms with Crippen molar-refractivity contribution in [1.29, 1.82) is 0 Å². The van der Waals surface area contributed by atoms with Gasteiger partial charge in [-0.1, -0.05) is 28.9 Å². The molecule has 1 N–H and O–H groups in total. The molecule has 2 aromatic rings. The maximum atomic E-state index is 14.1. The predicted octanol–water partition coefficient (Wildman–Crippen LogP) is 7.51. The highest BCUT2D eigenvalue weighted by atomic mass is 32.1. The lowest BCUT2D eigenvalue weighted by Gasteiger charge is -2.14. The topological polar surface area (TPSA) is 95.5 Å². The van der Waals surface area contributed by atoms with Crippen LogP contribution in [0.15, 0.2) is 77.7 Å². The molecule has 0 saturated carbocycles. The van der Waals surface area contributed by atoms with E-state index in [2.05, 4.69) is 20.5 Å². The molecule has 0 aromatic carbocycles. The lowest BCUT2D eigenvalue weighted by molar-refractivity contribution is 0.102. The summed E-state index contributed by atoms with van der Waals surface area (Å²) in [4.78, 5) is 17.4. The molecule has 2 aromatic heterocycles. The predicted molar refractivity (Wildman–Crippen MR) is 159 cm³/mol. The Hall–Kier alpha value is -4.05. The third-order valence-electron chi connectivity index (χ3n) is 5.34. The van der Waals surface area contributed by atoms with Gasteiger partial charge >= 0.3 is 0 Å². The second-order valence-electron chi connectivity index (χ2n) is 8.99. The zero-order valence-corrected chi connectivity index (χ0v) is 25.1. The van der Waals surface area contributed by atoms with Gasteiger partial charge in [0.1, 0.15) is 18.1 Å². The fourth-order valence-corrected chi connectivity index (χ4v) is 3.89. The van der Waals surface area contributed by atoms with Gasteiger partial charge in [0.2, 0.25) is 5.13 Å². The summed E-state index contributed by atoms with van der Waals surface area (Å²) < 4.78 is 31.0. The fourth-order valence-electron chi connectivity index (χ4n) is 3.30. The first-order valence-electron chi connectivity index (χ1n) is 12.7. The van der Waals surface area contributed by atoms with Gasteiger partial charge in [-0.2, -0.15) is 0 Å². The summed E-state index contributed by atoms with van der Waals surface area (Å²) >= 11 is 1.08. The first-order valence-corrected chi connectivity index (χ1v) is 13.5. The lowest BCUT2D eigenvalue weighted by Crippen LogP contribution is -2.15. The normalized spacial score (nSPS) is 12.8. The second-order valence-corrected chi connectivity index (χ2v) is 9.93. The van der Waals surface area contributed by atoms with Crippen LogP contribution >= 0.6 is 11.3 Å². The Morgan fingerprint density at radius 2 is 1.93 bits per heavy atom. The van der Waals surface area contributed by atoms with Crippen LogP contribution in [0.1, 0.15) is 63.2 Å². The van der Waals surface area contributed by atoms with E-state index in [1.54, 1.807) is 31.2 Å². The van der Waals surface area contributed by atoms with Crippen LogP contribution in [0.2, 0.25) is 0 Å². The van der Waals surface area contributed by atoms with Gasteiger partial charge in [-0.15, -0.1) is 5.10 Å². The number of anilines is 1. The van der Waals surface area contributed by atoms with Gasteiger partial charge in [-0.05, 0) is 89.7 Å². The molecule has 1 amide bonds. The summed E-state index contributed by atoms with van der Waals surface area (Å²) in [7, 11) is 1.44. The molecule has 0 atom stereocenters. The lowest BCUT2D eigenvalue weighted by atomic mass is 9.99. The van der Waals surface area contributed by atoms with Gasteiger partial charge in [0.25, 0.3) is 11.1 Å². The number of aryl methyl sites for hydroxylation is 1. The maximum Gasteiger partial charge on any atom is 0.296 e. The van der Waals surface area contributed by atoms with Crippen LogP contribution in [-0.2, 0) is 9.47 Å². The number of ether oxygens (including phenoxy) is 3. The van der Waals surface area contributed by atoms with Crippen molar-refractivity contribution in [2.24, 2.45) is 0 Å². The number of nitrogens with zero attached hydrogens (tertiary/aromatic N) is 3. The molecule has 10 heteroatoms. The van der Waals surface area contributed by atoms with Crippen LogP contribution in [0.5, 0.6) is 5.19 Å². The van der Waals surface area contributed by atoms with E-state index in [1.165, 1.54) is 13.3 Å². The molecular formula is C30H37FN4O4S. The van der Waals surface area contributed by atoms with E-state index < -0.39 is 5.91 Å². The van der Waals surface area contributed by atoms with Crippen LogP contribution in [0.3, 0.4) is 0 Å². The molecule has 0 saturated heterocycles. The van der Waals surface area contributed by atoms with E-state index in [9.17, 15) is 9.18 Å². The molecule has 0 bridgehead atoms. The highest BCUT2D eigenvalue weighted by Gasteiger charge is 2.20. The average Bonchev–Trinajstić information content (AvgIpc) is 3.36. The number of allylic oxidation sites excluding steroid dienone is 7. The molecule has 0 aliphatic heterocycles. The maximum absolute atomic E-state index is 14.1. The highest BCUT2D eigenvalue weighted by molar-refractivity contribution is 7.17. The SMILES string of the molecule is C/C=C\C=C(\OC)C(=CF)c1cc(C)ncc1C(=O)Nc1nnc(OCC(/C=C\C(=C/C)OC(C)C)=C(C)C)s1. The standard InChI is InChI=1S/C30H37FN4O4S/c1-9-11-12-27(37-8)25(16-31)24-15-21(7)32-17-26(24)28(36)33-29-34-35-30(40-29)38-18-22(19(3)4)13-14-23(10-2)39-20(5)6/h9-17,20H,18H2,1-8H3,(H,33,34,36)/b11-9-,14-13-,23-10+,25-16?,27-12+. The molecule has 0 unspecified atom stereocenters. The monoisotopic (exact) mass is 568 g/mol. The number of amides is 1. The van der Waals surface area contributed by atoms with E-state index in [1.807, 2.05) is 59.8 Å². The van der Waals surface area contributed by atoms with Crippen molar-refractivity contribution in [1.82, 2.24) is 15.2 Å². The Bertz CT molecular complexity index is 1350. The first kappa shape index (κ1) is 32.2. The van der Waals surface area contributed by atoms with Gasteiger partial charge in [-0.3, -0.25) is 15.1 Å². The van der Waals surface area contributed by atoms with Crippen LogP contribution in [-0.4, -0.2) is 40.9 Å². The summed E-state index contributed by atoms with van der Waals surface area (Å²) in [5, 5.41) is 11.3. The molecule has 0 radical (unpaired) electrons. The largest absolute Gasteiger partial charge is 0.496 e. The molecule has 2 rings (SSSR count). The summed E-state index contributed by atoms with van der Waals surface area (Å²) in [5.74, 6) is 0.497. The molecule has 214 valence electrons. The number of carbonyl (C=O) groups is 1. The van der Waals surface area contributed by atoms with Gasteiger partial charge in [-0.25, -0.2) is 4.39 Å². The summed E-state index contributed by atoms with van der Waals surface area (Å²) in [6.45, 7) is 13.7. The van der Waals surface area contributed by atoms with Crippen molar-refractivity contribution >= 4 is 27.9 Å². The molecule has 40 heavy (non-hydrogen) atoms. The minimum absolute atomic E-state index is 0.0698. The minimum Gasteiger partial charge on any atom is -0.496 e. The van der Waals surface area contributed by atoms with E-state index in [-0.39, 0.29) is 39.9 Å². The van der Waals surface area contributed by atoms with Gasteiger partial charge in [0.05, 0.1) is 30.7 Å². The van der Waals surface area contributed by atoms with Crippen molar-refractivity contribution in [2.45, 2.75) is 54.6 Å². The Balaban J connectivity index is 2.20. The third kappa shape index (κ3) is 9.60. The zero-order chi connectivity index (χ0) is 29.7. The van der Waals surface area contributed by atoms with Crippen LogP contribution in [0.4, 0.5) is 9.52 Å². The molecule has 0 aliphatic rings. The summed E-state index contributed by atoms with van der Waals surface area (Å²) in [6, 6.07) is 1.62. The van der Waals surface area contributed by atoms with Crippen molar-refractivity contribution in [3.8, 4) is 5.19 Å². The van der Waals surface area contributed by atoms with Crippen LogP contribution in [0, 0.1) is 6.92 Å². The molecule has 0 fully saturated rings.